The molecule has 0 saturated heterocycles. The third-order valence-corrected chi connectivity index (χ3v) is 2.07. The molecule has 112 valence electrons. The molecular weight excluding hydrogens is 299 g/mol. The van der Waals surface area contributed by atoms with Crippen LogP contribution in [-0.4, -0.2) is 31.1 Å². The van der Waals surface area contributed by atoms with E-state index in [0.29, 0.717) is 5.69 Å². The highest BCUT2D eigenvalue weighted by Crippen LogP contribution is 2.13. The third kappa shape index (κ3) is 6.39. The minimum atomic E-state index is -4.45. The van der Waals surface area contributed by atoms with E-state index in [-0.39, 0.29) is 24.5 Å². The number of carbonyl (C=O) groups is 2. The summed E-state index contributed by atoms with van der Waals surface area (Å²) in [6.07, 6.45) is -4.45. The molecular formula is C11H13ClF3N3O2. The van der Waals surface area contributed by atoms with Crippen molar-refractivity contribution in [3.63, 3.8) is 0 Å². The minimum absolute atomic E-state index is 0. The highest BCUT2D eigenvalue weighted by Gasteiger charge is 2.27. The fourth-order valence-corrected chi connectivity index (χ4v) is 1.20. The molecule has 0 atom stereocenters. The van der Waals surface area contributed by atoms with Crippen LogP contribution in [0.25, 0.3) is 0 Å². The Morgan fingerprint density at radius 2 is 1.70 bits per heavy atom. The molecule has 0 aromatic heterocycles. The predicted octanol–water partition coefficient (Wildman–Crippen LogP) is 1.30. The smallest absolute Gasteiger partial charge is 0.343 e. The molecule has 4 N–H and O–H groups in total. The lowest BCUT2D eigenvalue weighted by molar-refractivity contribution is -0.123. The number of hydrogen-bond acceptors (Lipinski definition) is 3. The quantitative estimate of drug-likeness (QED) is 0.783. The van der Waals surface area contributed by atoms with Gasteiger partial charge >= 0.3 is 6.18 Å². The second kappa shape index (κ2) is 7.71. The van der Waals surface area contributed by atoms with Crippen LogP contribution in [0.1, 0.15) is 10.4 Å². The summed E-state index contributed by atoms with van der Waals surface area (Å²) >= 11 is 0. The number of anilines is 1. The van der Waals surface area contributed by atoms with Gasteiger partial charge in [-0.2, -0.15) is 13.2 Å². The Bertz CT molecular complexity index is 463. The predicted molar refractivity (Wildman–Crippen MR) is 69.8 cm³/mol. The van der Waals surface area contributed by atoms with E-state index in [2.05, 4.69) is 5.32 Å². The molecule has 0 radical (unpaired) electrons. The van der Waals surface area contributed by atoms with E-state index in [0.717, 1.165) is 0 Å². The lowest BCUT2D eigenvalue weighted by atomic mass is 10.2. The molecule has 0 aliphatic heterocycles. The number of alkyl halides is 3. The zero-order valence-corrected chi connectivity index (χ0v) is 11.0. The summed E-state index contributed by atoms with van der Waals surface area (Å²) in [5, 5.41) is 4.18. The Labute approximate surface area is 119 Å². The lowest BCUT2D eigenvalue weighted by Crippen LogP contribution is -2.33. The standard InChI is InChI=1S/C11H12F3N3O2.ClH/c12-11(13,14)6-16-10(19)7-1-3-8(4-2-7)17-9(18)5-15;/h1-4H,5-6,15H2,(H,16,19)(H,17,18);1H. The van der Waals surface area contributed by atoms with E-state index in [1.54, 1.807) is 5.32 Å². The molecule has 1 rings (SSSR count). The Hall–Kier alpha value is -1.80. The fourth-order valence-electron chi connectivity index (χ4n) is 1.20. The van der Waals surface area contributed by atoms with Gasteiger partial charge in [-0.3, -0.25) is 9.59 Å². The van der Waals surface area contributed by atoms with Gasteiger partial charge in [-0.05, 0) is 24.3 Å². The lowest BCUT2D eigenvalue weighted by Gasteiger charge is -2.09. The van der Waals surface area contributed by atoms with E-state index < -0.39 is 24.5 Å². The number of nitrogens with two attached hydrogens (primary N) is 1. The summed E-state index contributed by atoms with van der Waals surface area (Å²) in [4.78, 5) is 22.3. The number of rotatable bonds is 4. The molecule has 0 aliphatic carbocycles. The number of carbonyl (C=O) groups excluding carboxylic acids is 2. The van der Waals surface area contributed by atoms with Crippen molar-refractivity contribution in [2.24, 2.45) is 5.73 Å². The van der Waals surface area contributed by atoms with Gasteiger partial charge in [-0.15, -0.1) is 12.4 Å². The van der Waals surface area contributed by atoms with Gasteiger partial charge in [0.1, 0.15) is 6.54 Å². The van der Waals surface area contributed by atoms with Gasteiger partial charge in [0.05, 0.1) is 6.54 Å². The van der Waals surface area contributed by atoms with E-state index in [1.807, 2.05) is 0 Å². The number of halogens is 4. The second-order valence-corrected chi connectivity index (χ2v) is 3.63. The third-order valence-electron chi connectivity index (χ3n) is 2.07. The Morgan fingerprint density at radius 3 is 2.15 bits per heavy atom. The molecule has 0 aliphatic rings. The molecule has 20 heavy (non-hydrogen) atoms. The number of nitrogens with one attached hydrogen (secondary N) is 2. The minimum Gasteiger partial charge on any atom is -0.343 e. The molecule has 5 nitrogen and oxygen atoms in total. The first kappa shape index (κ1) is 18.2. The van der Waals surface area contributed by atoms with Crippen LogP contribution in [-0.2, 0) is 4.79 Å². The van der Waals surface area contributed by atoms with Gasteiger partial charge in [0, 0.05) is 11.3 Å². The summed E-state index contributed by atoms with van der Waals surface area (Å²) in [6.45, 7) is -1.58. The van der Waals surface area contributed by atoms with Crippen molar-refractivity contribution in [1.82, 2.24) is 5.32 Å². The van der Waals surface area contributed by atoms with Crippen LogP contribution in [0.4, 0.5) is 18.9 Å². The van der Waals surface area contributed by atoms with E-state index in [4.69, 9.17) is 5.73 Å². The first-order chi connectivity index (χ1) is 8.81. The molecule has 0 spiro atoms. The summed E-state index contributed by atoms with van der Waals surface area (Å²) in [5.41, 5.74) is 5.57. The van der Waals surface area contributed by atoms with Crippen molar-refractivity contribution in [2.75, 3.05) is 18.4 Å². The first-order valence-electron chi connectivity index (χ1n) is 5.27. The molecule has 9 heteroatoms. The summed E-state index contributed by atoms with van der Waals surface area (Å²) in [5.74, 6) is -1.25. The maximum absolute atomic E-state index is 11.9. The van der Waals surface area contributed by atoms with Crippen molar-refractivity contribution in [3.8, 4) is 0 Å². The average molecular weight is 312 g/mol. The van der Waals surface area contributed by atoms with Gasteiger partial charge in [-0.25, -0.2) is 0 Å². The zero-order chi connectivity index (χ0) is 14.5. The maximum Gasteiger partial charge on any atom is 0.405 e. The maximum atomic E-state index is 11.9. The largest absolute Gasteiger partial charge is 0.405 e. The van der Waals surface area contributed by atoms with E-state index in [9.17, 15) is 22.8 Å². The SMILES string of the molecule is Cl.NCC(=O)Nc1ccc(C(=O)NCC(F)(F)F)cc1. The molecule has 0 heterocycles. The van der Waals surface area contributed by atoms with E-state index in [1.165, 1.54) is 24.3 Å². The van der Waals surface area contributed by atoms with Crippen molar-refractivity contribution >= 4 is 29.9 Å². The Balaban J connectivity index is 0.00000361. The number of hydrogen-bond donors (Lipinski definition) is 3. The van der Waals surface area contributed by atoms with Gasteiger partial charge in [0.25, 0.3) is 5.91 Å². The zero-order valence-electron chi connectivity index (χ0n) is 10.2. The van der Waals surface area contributed by atoms with Crippen LogP contribution in [0.3, 0.4) is 0 Å². The second-order valence-electron chi connectivity index (χ2n) is 3.63. The topological polar surface area (TPSA) is 84.2 Å². The normalized spacial score (nSPS) is 10.4. The summed E-state index contributed by atoms with van der Waals surface area (Å²) < 4.78 is 35.7. The molecule has 2 amide bonds. The van der Waals surface area contributed by atoms with Crippen LogP contribution >= 0.6 is 12.4 Å². The van der Waals surface area contributed by atoms with Gasteiger partial charge < -0.3 is 16.4 Å². The monoisotopic (exact) mass is 311 g/mol. The molecule has 0 unspecified atom stereocenters. The average Bonchev–Trinajstić information content (AvgIpc) is 2.36. The Kier molecular flexibility index (Phi) is 7.01. The number of amides is 2. The van der Waals surface area contributed by atoms with Gasteiger partial charge in [-0.1, -0.05) is 0 Å². The van der Waals surface area contributed by atoms with E-state index >= 15 is 0 Å². The highest BCUT2D eigenvalue weighted by atomic mass is 35.5. The molecule has 1 aromatic carbocycles. The van der Waals surface area contributed by atoms with Crippen molar-refractivity contribution in [3.05, 3.63) is 29.8 Å². The van der Waals surface area contributed by atoms with Crippen molar-refractivity contribution in [1.29, 1.82) is 0 Å². The van der Waals surface area contributed by atoms with Crippen molar-refractivity contribution in [2.45, 2.75) is 6.18 Å². The van der Waals surface area contributed by atoms with Gasteiger partial charge in [0.15, 0.2) is 0 Å². The first-order valence-corrected chi connectivity index (χ1v) is 5.27. The number of benzene rings is 1. The summed E-state index contributed by atoms with van der Waals surface area (Å²) in [6, 6.07) is 5.40. The van der Waals surface area contributed by atoms with Gasteiger partial charge in [0.2, 0.25) is 5.91 Å². The van der Waals surface area contributed by atoms with Crippen LogP contribution in [0.15, 0.2) is 24.3 Å². The molecule has 1 aromatic rings. The van der Waals surface area contributed by atoms with Crippen LogP contribution < -0.4 is 16.4 Å². The Morgan fingerprint density at radius 1 is 1.15 bits per heavy atom. The van der Waals surface area contributed by atoms with Crippen LogP contribution in [0, 0.1) is 0 Å². The molecule has 0 bridgehead atoms. The van der Waals surface area contributed by atoms with Crippen LogP contribution in [0.5, 0.6) is 0 Å². The fraction of sp³-hybridized carbons (Fsp3) is 0.273. The van der Waals surface area contributed by atoms with Crippen LogP contribution in [0.2, 0.25) is 0 Å². The highest BCUT2D eigenvalue weighted by molar-refractivity contribution is 5.96. The molecule has 0 saturated carbocycles. The van der Waals surface area contributed by atoms with Crippen molar-refractivity contribution < 1.29 is 22.8 Å². The molecule has 0 fully saturated rings. The summed E-state index contributed by atoms with van der Waals surface area (Å²) in [7, 11) is 0.